The van der Waals surface area contributed by atoms with Crippen molar-refractivity contribution in [2.24, 2.45) is 29.1 Å². The van der Waals surface area contributed by atoms with Gasteiger partial charge in [-0.15, -0.1) is 0 Å². The Morgan fingerprint density at radius 2 is 1.70 bits per heavy atom. The summed E-state index contributed by atoms with van der Waals surface area (Å²) < 4.78 is 5.80. The summed E-state index contributed by atoms with van der Waals surface area (Å²) in [5.74, 6) is 0.551. The fraction of sp³-hybridized carbons (Fsp3) is 0.857. The van der Waals surface area contributed by atoms with Crippen molar-refractivity contribution in [3.8, 4) is 0 Å². The van der Waals surface area contributed by atoms with E-state index in [1.54, 1.807) is 6.92 Å². The Balaban J connectivity index is 1.20. The number of likely N-dealkylation sites (tertiary alicyclic amines) is 1. The van der Waals surface area contributed by atoms with Crippen molar-refractivity contribution >= 4 is 17.6 Å². The SMILES string of the molecule is CC(C(=O)CC12CC3CC(CN(C3)C1)C2)N1C(=O)C2C3CCC(O3)C2C1=O. The van der Waals surface area contributed by atoms with E-state index in [-0.39, 0.29) is 47.1 Å². The van der Waals surface area contributed by atoms with E-state index in [2.05, 4.69) is 4.90 Å². The molecule has 7 fully saturated rings. The molecule has 0 N–H and O–H groups in total. The fourth-order valence-electron chi connectivity index (χ4n) is 7.74. The Morgan fingerprint density at radius 3 is 2.26 bits per heavy atom. The molecule has 0 aromatic carbocycles. The number of ketones is 1. The fourth-order valence-corrected chi connectivity index (χ4v) is 7.74. The van der Waals surface area contributed by atoms with Crippen LogP contribution in [0, 0.1) is 29.1 Å². The second-order valence-corrected chi connectivity index (χ2v) is 10.3. The topological polar surface area (TPSA) is 66.9 Å². The van der Waals surface area contributed by atoms with Crippen molar-refractivity contribution in [1.29, 1.82) is 0 Å². The van der Waals surface area contributed by atoms with E-state index in [1.807, 2.05) is 0 Å². The molecule has 6 aliphatic heterocycles. The summed E-state index contributed by atoms with van der Waals surface area (Å²) in [6.07, 6.45) is 5.63. The number of hydrogen-bond donors (Lipinski definition) is 0. The lowest BCUT2D eigenvalue weighted by Gasteiger charge is -2.58. The van der Waals surface area contributed by atoms with Crippen LogP contribution >= 0.6 is 0 Å². The summed E-state index contributed by atoms with van der Waals surface area (Å²) in [6.45, 7) is 5.17. The normalized spacial score (nSPS) is 50.6. The van der Waals surface area contributed by atoms with E-state index in [0.29, 0.717) is 6.42 Å². The highest BCUT2D eigenvalue weighted by Crippen LogP contribution is 2.53. The average molecular weight is 372 g/mol. The molecule has 0 spiro atoms. The van der Waals surface area contributed by atoms with Crippen LogP contribution in [0.2, 0.25) is 0 Å². The van der Waals surface area contributed by atoms with Crippen LogP contribution in [0.3, 0.4) is 0 Å². The van der Waals surface area contributed by atoms with Crippen LogP contribution in [0.5, 0.6) is 0 Å². The molecule has 146 valence electrons. The lowest BCUT2D eigenvalue weighted by atomic mass is 9.58. The van der Waals surface area contributed by atoms with Gasteiger partial charge in [-0.05, 0) is 56.3 Å². The smallest absolute Gasteiger partial charge is 0.236 e. The molecule has 0 aromatic rings. The zero-order valence-electron chi connectivity index (χ0n) is 15.9. The van der Waals surface area contributed by atoms with E-state index in [0.717, 1.165) is 44.1 Å². The van der Waals surface area contributed by atoms with Crippen LogP contribution in [0.15, 0.2) is 0 Å². The first-order chi connectivity index (χ1) is 12.9. The summed E-state index contributed by atoms with van der Waals surface area (Å²) in [6, 6.07) is -0.627. The Morgan fingerprint density at radius 1 is 1.11 bits per heavy atom. The molecule has 0 radical (unpaired) electrons. The predicted octanol–water partition coefficient (Wildman–Crippen LogP) is 1.23. The van der Waals surface area contributed by atoms with Crippen LogP contribution in [0.25, 0.3) is 0 Å². The largest absolute Gasteiger partial charge is 0.373 e. The van der Waals surface area contributed by atoms with Gasteiger partial charge in [-0.3, -0.25) is 19.3 Å². The van der Waals surface area contributed by atoms with Crippen LogP contribution in [-0.4, -0.2) is 65.3 Å². The van der Waals surface area contributed by atoms with Gasteiger partial charge >= 0.3 is 0 Å². The summed E-state index contributed by atoms with van der Waals surface area (Å²) in [7, 11) is 0. The van der Waals surface area contributed by atoms with Crippen molar-refractivity contribution in [3.63, 3.8) is 0 Å². The number of amides is 2. The highest BCUT2D eigenvalue weighted by molar-refractivity contribution is 6.09. The third kappa shape index (κ3) is 2.23. The lowest BCUT2D eigenvalue weighted by Crippen LogP contribution is -2.60. The molecule has 7 unspecified atom stereocenters. The summed E-state index contributed by atoms with van der Waals surface area (Å²) in [5, 5.41) is 0. The van der Waals surface area contributed by atoms with Crippen molar-refractivity contribution in [2.75, 3.05) is 19.6 Å². The lowest BCUT2D eigenvalue weighted by molar-refractivity contribution is -0.151. The second-order valence-electron chi connectivity index (χ2n) is 10.3. The average Bonchev–Trinajstić information content (AvgIpc) is 3.26. The van der Waals surface area contributed by atoms with Crippen LogP contribution in [0.1, 0.15) is 45.4 Å². The van der Waals surface area contributed by atoms with Crippen LogP contribution in [-0.2, 0) is 19.1 Å². The Hall–Kier alpha value is -1.27. The van der Waals surface area contributed by atoms with Gasteiger partial charge in [0, 0.05) is 26.1 Å². The summed E-state index contributed by atoms with van der Waals surface area (Å²) in [5.41, 5.74) is 0.0826. The minimum Gasteiger partial charge on any atom is -0.373 e. The maximum Gasteiger partial charge on any atom is 0.236 e. The number of rotatable bonds is 4. The zero-order chi connectivity index (χ0) is 18.5. The summed E-state index contributed by atoms with van der Waals surface area (Å²) in [4.78, 5) is 43.0. The number of imide groups is 1. The molecule has 0 aromatic heterocycles. The number of ether oxygens (including phenoxy) is 1. The first-order valence-corrected chi connectivity index (χ1v) is 10.7. The molecular formula is C21H28N2O4. The molecule has 6 heterocycles. The maximum atomic E-state index is 13.2. The second kappa shape index (κ2) is 5.41. The van der Waals surface area contributed by atoms with E-state index in [4.69, 9.17) is 4.74 Å². The molecule has 7 atom stereocenters. The van der Waals surface area contributed by atoms with Gasteiger partial charge < -0.3 is 9.64 Å². The Labute approximate surface area is 159 Å². The van der Waals surface area contributed by atoms with Gasteiger partial charge in [-0.2, -0.15) is 0 Å². The first kappa shape index (κ1) is 16.7. The third-order valence-corrected chi connectivity index (χ3v) is 8.42. The van der Waals surface area contributed by atoms with E-state index < -0.39 is 6.04 Å². The number of hydrogen-bond acceptors (Lipinski definition) is 5. The number of fused-ring (bicyclic) bond motifs is 5. The summed E-state index contributed by atoms with van der Waals surface area (Å²) >= 11 is 0. The maximum absolute atomic E-state index is 13.2. The van der Waals surface area contributed by atoms with Gasteiger partial charge in [0.1, 0.15) is 0 Å². The highest BCUT2D eigenvalue weighted by Gasteiger charge is 2.63. The molecule has 1 aliphatic carbocycles. The minimum atomic E-state index is -0.627. The van der Waals surface area contributed by atoms with Crippen LogP contribution in [0.4, 0.5) is 0 Å². The quantitative estimate of drug-likeness (QED) is 0.695. The van der Waals surface area contributed by atoms with E-state index >= 15 is 0 Å². The van der Waals surface area contributed by atoms with Gasteiger partial charge in [0.25, 0.3) is 0 Å². The van der Waals surface area contributed by atoms with E-state index in [9.17, 15) is 14.4 Å². The number of carbonyl (C=O) groups is 3. The predicted molar refractivity (Wildman–Crippen MR) is 95.5 cm³/mol. The molecule has 6 saturated heterocycles. The van der Waals surface area contributed by atoms with E-state index in [1.165, 1.54) is 24.4 Å². The van der Waals surface area contributed by atoms with Gasteiger partial charge in [-0.25, -0.2) is 0 Å². The standard InChI is InChI=1S/C21H28N2O4/c1-11(23-19(25)17-15-2-3-16(27-15)18(17)20(23)26)14(24)7-21-5-12-4-13(6-21)9-22(8-12)10-21/h11-13,15-18H,2-10H2,1H3. The van der Waals surface area contributed by atoms with Gasteiger partial charge in [-0.1, -0.05) is 0 Å². The van der Waals surface area contributed by atoms with Crippen molar-refractivity contribution < 1.29 is 19.1 Å². The molecule has 6 nitrogen and oxygen atoms in total. The molecular weight excluding hydrogens is 344 g/mol. The van der Waals surface area contributed by atoms with Crippen molar-refractivity contribution in [2.45, 2.75) is 63.7 Å². The molecule has 1 saturated carbocycles. The molecule has 7 rings (SSSR count). The first-order valence-electron chi connectivity index (χ1n) is 10.7. The Bertz CT molecular complexity index is 670. The molecule has 6 heteroatoms. The minimum absolute atomic E-state index is 0.0769. The van der Waals surface area contributed by atoms with Crippen molar-refractivity contribution in [3.05, 3.63) is 0 Å². The molecule has 2 amide bonds. The molecule has 6 bridgehead atoms. The number of nitrogens with zero attached hydrogens (tertiary/aromatic N) is 2. The number of piperidine rings is 3. The molecule has 7 aliphatic rings. The van der Waals surface area contributed by atoms with Gasteiger partial charge in [0.2, 0.25) is 11.8 Å². The number of carbonyl (C=O) groups excluding carboxylic acids is 3. The number of Topliss-reactive ketones (excluding diaryl/α,β-unsaturated/α-hetero) is 1. The monoisotopic (exact) mass is 372 g/mol. The van der Waals surface area contributed by atoms with Gasteiger partial charge in [0.05, 0.1) is 30.1 Å². The zero-order valence-corrected chi connectivity index (χ0v) is 15.9. The molecule has 27 heavy (non-hydrogen) atoms. The third-order valence-electron chi connectivity index (χ3n) is 8.42. The van der Waals surface area contributed by atoms with Crippen molar-refractivity contribution in [1.82, 2.24) is 9.80 Å². The Kier molecular flexibility index (Phi) is 3.34. The van der Waals surface area contributed by atoms with Crippen LogP contribution < -0.4 is 0 Å². The highest BCUT2D eigenvalue weighted by atomic mass is 16.5. The van der Waals surface area contributed by atoms with Gasteiger partial charge in [0.15, 0.2) is 5.78 Å².